The Labute approximate surface area is 145 Å². The summed E-state index contributed by atoms with van der Waals surface area (Å²) in [6.07, 6.45) is 9.01. The normalized spacial score (nSPS) is 11.7. The molecule has 0 saturated heterocycles. The number of nitrogens with zero attached hydrogens (tertiary/aromatic N) is 2. The van der Waals surface area contributed by atoms with Crippen LogP contribution in [0.1, 0.15) is 64.9 Å². The summed E-state index contributed by atoms with van der Waals surface area (Å²) in [6.45, 7) is 8.80. The van der Waals surface area contributed by atoms with Crippen LogP contribution >= 0.6 is 0 Å². The maximum atomic E-state index is 11.0. The molecule has 0 fully saturated rings. The molecule has 0 bridgehead atoms. The van der Waals surface area contributed by atoms with Crippen LogP contribution in [0.5, 0.6) is 0 Å². The first-order chi connectivity index (χ1) is 11.0. The average Bonchev–Trinajstić information content (AvgIpc) is 2.54. The molecule has 5 heteroatoms. The number of unbranched alkanes of at least 4 members (excludes halogenated alkanes) is 3. The molecule has 0 N–H and O–H groups in total. The molecule has 0 saturated carbocycles. The molecule has 0 radical (unpaired) electrons. The zero-order valence-electron chi connectivity index (χ0n) is 15.2. The molecule has 0 aliphatic heterocycles. The van der Waals surface area contributed by atoms with Crippen LogP contribution in [0.15, 0.2) is 12.3 Å². The van der Waals surface area contributed by atoms with Crippen molar-refractivity contribution in [2.45, 2.75) is 79.5 Å². The molecule has 0 aliphatic rings. The van der Waals surface area contributed by atoms with Gasteiger partial charge in [0.15, 0.2) is 0 Å². The van der Waals surface area contributed by atoms with Crippen LogP contribution in [0.3, 0.4) is 0 Å². The van der Waals surface area contributed by atoms with Crippen molar-refractivity contribution in [2.24, 2.45) is 0 Å². The summed E-state index contributed by atoms with van der Waals surface area (Å²) >= 11 is -2.57. The quantitative estimate of drug-likeness (QED) is 0.272. The van der Waals surface area contributed by atoms with Crippen LogP contribution in [-0.2, 0) is 0 Å². The Kier molecular flexibility index (Phi) is 9.10. The van der Waals surface area contributed by atoms with Crippen molar-refractivity contribution in [3.05, 3.63) is 27.9 Å². The Morgan fingerprint density at radius 2 is 1.52 bits per heavy atom. The van der Waals surface area contributed by atoms with Crippen LogP contribution in [-0.4, -0.2) is 28.3 Å². The third kappa shape index (κ3) is 5.73. The van der Waals surface area contributed by atoms with Gasteiger partial charge in [0.05, 0.1) is 0 Å². The molecule has 0 aliphatic carbocycles. The van der Waals surface area contributed by atoms with Gasteiger partial charge in [0, 0.05) is 0 Å². The van der Waals surface area contributed by atoms with E-state index in [-0.39, 0.29) is 10.6 Å². The Morgan fingerprint density at radius 3 is 1.87 bits per heavy atom. The Hall–Kier alpha value is -0.651. The van der Waals surface area contributed by atoms with Gasteiger partial charge in [0.25, 0.3) is 0 Å². The zero-order chi connectivity index (χ0) is 17.3. The fourth-order valence-electron chi connectivity index (χ4n) is 3.49. The molecular formula is C18H32N2O2Sn. The molecule has 0 spiro atoms. The second-order valence-corrected chi connectivity index (χ2v) is 19.6. The van der Waals surface area contributed by atoms with E-state index in [9.17, 15) is 10.1 Å². The van der Waals surface area contributed by atoms with Crippen molar-refractivity contribution in [1.82, 2.24) is 4.98 Å². The van der Waals surface area contributed by atoms with Gasteiger partial charge in [-0.2, -0.15) is 0 Å². The van der Waals surface area contributed by atoms with Crippen LogP contribution in [0.2, 0.25) is 13.3 Å². The van der Waals surface area contributed by atoms with E-state index in [1.54, 1.807) is 6.07 Å². The van der Waals surface area contributed by atoms with Gasteiger partial charge in [-0.25, -0.2) is 0 Å². The van der Waals surface area contributed by atoms with E-state index in [1.807, 2.05) is 6.92 Å². The monoisotopic (exact) mass is 428 g/mol. The number of hydrogen-bond donors (Lipinski definition) is 0. The number of aryl methyl sites for hydroxylation is 1. The topological polar surface area (TPSA) is 56.0 Å². The van der Waals surface area contributed by atoms with Crippen molar-refractivity contribution >= 4 is 27.8 Å². The molecule has 1 aromatic heterocycles. The third-order valence-corrected chi connectivity index (χ3v) is 20.4. The first-order valence-electron chi connectivity index (χ1n) is 9.12. The van der Waals surface area contributed by atoms with Gasteiger partial charge in [-0.1, -0.05) is 0 Å². The van der Waals surface area contributed by atoms with Crippen molar-refractivity contribution in [1.29, 1.82) is 0 Å². The van der Waals surface area contributed by atoms with Crippen molar-refractivity contribution < 1.29 is 4.92 Å². The summed E-state index contributed by atoms with van der Waals surface area (Å²) in [7, 11) is 0. The van der Waals surface area contributed by atoms with E-state index in [1.165, 1.54) is 61.7 Å². The van der Waals surface area contributed by atoms with Gasteiger partial charge in [-0.05, 0) is 0 Å². The molecular weight excluding hydrogens is 395 g/mol. The molecule has 23 heavy (non-hydrogen) atoms. The Balaban J connectivity index is 3.25. The molecule has 0 amide bonds. The number of pyridine rings is 1. The second kappa shape index (κ2) is 10.3. The van der Waals surface area contributed by atoms with Gasteiger partial charge in [0.1, 0.15) is 0 Å². The Morgan fingerprint density at radius 1 is 1.04 bits per heavy atom. The maximum absolute atomic E-state index is 11.0. The molecule has 0 aromatic carbocycles. The molecule has 0 unspecified atom stereocenters. The predicted molar refractivity (Wildman–Crippen MR) is 100 cm³/mol. The van der Waals surface area contributed by atoms with E-state index in [2.05, 4.69) is 25.8 Å². The Bertz CT molecular complexity index is 484. The molecule has 1 rings (SSSR count). The molecule has 130 valence electrons. The summed E-state index contributed by atoms with van der Waals surface area (Å²) in [4.78, 5) is 15.4. The second-order valence-electron chi connectivity index (χ2n) is 6.71. The first kappa shape index (κ1) is 20.4. The number of rotatable bonds is 11. The van der Waals surface area contributed by atoms with E-state index in [4.69, 9.17) is 0 Å². The fourth-order valence-corrected chi connectivity index (χ4v) is 20.0. The minimum absolute atomic E-state index is 0.132. The average molecular weight is 427 g/mol. The van der Waals surface area contributed by atoms with Gasteiger partial charge in [-0.3, -0.25) is 0 Å². The fraction of sp³-hybridized carbons (Fsp3) is 0.722. The van der Waals surface area contributed by atoms with E-state index in [0.717, 1.165) is 5.56 Å². The minimum atomic E-state index is -2.57. The van der Waals surface area contributed by atoms with Crippen molar-refractivity contribution in [2.75, 3.05) is 0 Å². The third-order valence-electron chi connectivity index (χ3n) is 4.80. The van der Waals surface area contributed by atoms with Crippen molar-refractivity contribution in [3.63, 3.8) is 0 Å². The van der Waals surface area contributed by atoms with Crippen LogP contribution in [0.25, 0.3) is 0 Å². The number of hydrogen-bond acceptors (Lipinski definition) is 3. The van der Waals surface area contributed by atoms with E-state index in [0.29, 0.717) is 0 Å². The van der Waals surface area contributed by atoms with Gasteiger partial charge in [0.2, 0.25) is 0 Å². The first-order valence-corrected chi connectivity index (χ1v) is 16.6. The van der Waals surface area contributed by atoms with Gasteiger partial charge < -0.3 is 0 Å². The summed E-state index contributed by atoms with van der Waals surface area (Å²) in [5.74, 6) is 0. The zero-order valence-corrected chi connectivity index (χ0v) is 18.1. The molecule has 1 aromatic rings. The van der Waals surface area contributed by atoms with Crippen LogP contribution in [0.4, 0.5) is 5.69 Å². The van der Waals surface area contributed by atoms with Crippen molar-refractivity contribution in [3.8, 4) is 0 Å². The summed E-state index contributed by atoms with van der Waals surface area (Å²) in [5, 5.41) is 11.0. The molecule has 4 nitrogen and oxygen atoms in total. The summed E-state index contributed by atoms with van der Waals surface area (Å²) < 4.78 is 5.34. The molecule has 0 atom stereocenters. The number of aromatic nitrogens is 1. The number of nitro groups is 1. The predicted octanol–water partition coefficient (Wildman–Crippen LogP) is 5.35. The van der Waals surface area contributed by atoms with E-state index < -0.39 is 18.4 Å². The SMILES string of the molecule is CCC[CH2][Sn]([CH2]CCC)([CH2]CCC)[c]1ncc([N+](=O)[O-])cc1C. The van der Waals surface area contributed by atoms with Crippen LogP contribution in [0, 0.1) is 17.0 Å². The summed E-state index contributed by atoms with van der Waals surface area (Å²) in [5.41, 5.74) is 1.20. The molecule has 1 heterocycles. The summed E-state index contributed by atoms with van der Waals surface area (Å²) in [6, 6.07) is 1.75. The standard InChI is InChI=1S/C6H5N2O2.3C4H9.Sn/c1-5-2-6(8(9)10)4-7-3-5;3*1-3-4-2;/h2,4H,1H3;3*1,3-4H2,2H3;. The van der Waals surface area contributed by atoms with Gasteiger partial charge >= 0.3 is 145 Å². The van der Waals surface area contributed by atoms with Gasteiger partial charge in [-0.15, -0.1) is 0 Å². The van der Waals surface area contributed by atoms with E-state index >= 15 is 0 Å². The van der Waals surface area contributed by atoms with Crippen LogP contribution < -0.4 is 3.71 Å².